The summed E-state index contributed by atoms with van der Waals surface area (Å²) in [5, 5.41) is 20.1. The highest BCUT2D eigenvalue weighted by Gasteiger charge is 2.24. The van der Waals surface area contributed by atoms with Crippen LogP contribution in [0.25, 0.3) is 0 Å². The van der Waals surface area contributed by atoms with Crippen LogP contribution in [-0.2, 0) is 14.3 Å². The van der Waals surface area contributed by atoms with Crippen molar-refractivity contribution in [3.63, 3.8) is 0 Å². The molecule has 1 unspecified atom stereocenters. The van der Waals surface area contributed by atoms with E-state index in [4.69, 9.17) is 10.2 Å². The van der Waals surface area contributed by atoms with Crippen LogP contribution in [0.3, 0.4) is 0 Å². The molecule has 0 bridgehead atoms. The number of rotatable bonds is 7. The summed E-state index contributed by atoms with van der Waals surface area (Å²) in [4.78, 5) is 34.8. The standard InChI is InChI=1S/C11H20N2O6/c1-7(6-14)13(2)11(18)12-8(10(16)17)4-5-9(15)19-3/h7-8,14H,4-6H2,1-3H3,(H,12,18)(H,16,17)/t7?,8-/m0/s1. The Kier molecular flexibility index (Phi) is 7.50. The number of aliphatic hydroxyl groups is 1. The van der Waals surface area contributed by atoms with Gasteiger partial charge in [0, 0.05) is 13.5 Å². The molecular formula is C11H20N2O6. The van der Waals surface area contributed by atoms with Crippen molar-refractivity contribution in [1.29, 1.82) is 0 Å². The molecule has 2 atom stereocenters. The fourth-order valence-corrected chi connectivity index (χ4v) is 1.20. The summed E-state index contributed by atoms with van der Waals surface area (Å²) < 4.78 is 4.40. The second-order valence-corrected chi connectivity index (χ2v) is 4.10. The number of carbonyl (C=O) groups excluding carboxylic acids is 2. The quantitative estimate of drug-likeness (QED) is 0.535. The Bertz CT molecular complexity index is 333. The fraction of sp³-hybridized carbons (Fsp3) is 0.727. The van der Waals surface area contributed by atoms with E-state index >= 15 is 0 Å². The first-order chi connectivity index (χ1) is 8.83. The second-order valence-electron chi connectivity index (χ2n) is 4.10. The van der Waals surface area contributed by atoms with E-state index in [-0.39, 0.29) is 19.4 Å². The average molecular weight is 276 g/mol. The fourth-order valence-electron chi connectivity index (χ4n) is 1.20. The van der Waals surface area contributed by atoms with Gasteiger partial charge < -0.3 is 25.2 Å². The highest BCUT2D eigenvalue weighted by molar-refractivity contribution is 5.83. The largest absolute Gasteiger partial charge is 0.480 e. The van der Waals surface area contributed by atoms with Gasteiger partial charge in [0.15, 0.2) is 0 Å². The molecule has 0 spiro atoms. The zero-order valence-electron chi connectivity index (χ0n) is 11.3. The first-order valence-corrected chi connectivity index (χ1v) is 5.77. The van der Waals surface area contributed by atoms with Crippen LogP contribution in [0.4, 0.5) is 4.79 Å². The number of carboxylic acids is 1. The highest BCUT2D eigenvalue weighted by atomic mass is 16.5. The maximum Gasteiger partial charge on any atom is 0.326 e. The van der Waals surface area contributed by atoms with Gasteiger partial charge in [0.1, 0.15) is 6.04 Å². The third-order valence-electron chi connectivity index (χ3n) is 2.71. The van der Waals surface area contributed by atoms with Crippen LogP contribution in [-0.4, -0.2) is 65.9 Å². The number of methoxy groups -OCH3 is 1. The van der Waals surface area contributed by atoms with Crippen molar-refractivity contribution in [2.45, 2.75) is 31.8 Å². The lowest BCUT2D eigenvalue weighted by Gasteiger charge is -2.25. The number of esters is 1. The molecule has 8 heteroatoms. The molecule has 110 valence electrons. The van der Waals surface area contributed by atoms with Crippen LogP contribution in [0.5, 0.6) is 0 Å². The Morgan fingerprint density at radius 1 is 1.37 bits per heavy atom. The Balaban J connectivity index is 4.46. The Labute approximate surface area is 111 Å². The van der Waals surface area contributed by atoms with E-state index in [1.54, 1.807) is 6.92 Å². The van der Waals surface area contributed by atoms with Gasteiger partial charge in [0.25, 0.3) is 0 Å². The van der Waals surface area contributed by atoms with E-state index in [0.717, 1.165) is 0 Å². The molecule has 0 aromatic heterocycles. The minimum Gasteiger partial charge on any atom is -0.480 e. The molecule has 3 N–H and O–H groups in total. The van der Waals surface area contributed by atoms with Crippen molar-refractivity contribution in [3.05, 3.63) is 0 Å². The molecule has 0 aromatic rings. The Morgan fingerprint density at radius 2 is 1.95 bits per heavy atom. The smallest absolute Gasteiger partial charge is 0.326 e. The lowest BCUT2D eigenvalue weighted by Crippen LogP contribution is -2.50. The number of nitrogens with one attached hydrogen (secondary N) is 1. The van der Waals surface area contributed by atoms with Gasteiger partial charge in [-0.15, -0.1) is 0 Å². The minimum absolute atomic E-state index is 0.0604. The summed E-state index contributed by atoms with van der Waals surface area (Å²) in [5.74, 6) is -1.78. The predicted molar refractivity (Wildman–Crippen MR) is 65.5 cm³/mol. The van der Waals surface area contributed by atoms with E-state index in [1.807, 2.05) is 0 Å². The summed E-state index contributed by atoms with van der Waals surface area (Å²) in [5.41, 5.74) is 0. The molecule has 0 heterocycles. The van der Waals surface area contributed by atoms with Crippen molar-refractivity contribution in [1.82, 2.24) is 10.2 Å². The van der Waals surface area contributed by atoms with Crippen molar-refractivity contribution in [2.75, 3.05) is 20.8 Å². The summed E-state index contributed by atoms with van der Waals surface area (Å²) >= 11 is 0. The SMILES string of the molecule is COC(=O)CC[C@H](NC(=O)N(C)C(C)CO)C(=O)O. The van der Waals surface area contributed by atoms with Crippen LogP contribution in [0.2, 0.25) is 0 Å². The van der Waals surface area contributed by atoms with Crippen LogP contribution in [0, 0.1) is 0 Å². The van der Waals surface area contributed by atoms with Crippen molar-refractivity contribution < 1.29 is 29.3 Å². The second kappa shape index (κ2) is 8.30. The topological polar surface area (TPSA) is 116 Å². The number of aliphatic hydroxyl groups excluding tert-OH is 1. The molecule has 0 aliphatic carbocycles. The van der Waals surface area contributed by atoms with Gasteiger partial charge in [-0.2, -0.15) is 0 Å². The minimum atomic E-state index is -1.23. The molecule has 2 amide bonds. The zero-order valence-corrected chi connectivity index (χ0v) is 11.3. The number of hydrogen-bond acceptors (Lipinski definition) is 5. The van der Waals surface area contributed by atoms with Crippen molar-refractivity contribution in [2.24, 2.45) is 0 Å². The predicted octanol–water partition coefficient (Wildman–Crippen LogP) is -0.585. The van der Waals surface area contributed by atoms with Gasteiger partial charge in [0.2, 0.25) is 0 Å². The summed E-state index contributed by atoms with van der Waals surface area (Å²) in [6, 6.07) is -2.24. The number of aliphatic carboxylic acids is 1. The third kappa shape index (κ3) is 6.05. The number of amides is 2. The van der Waals surface area contributed by atoms with E-state index in [9.17, 15) is 14.4 Å². The van der Waals surface area contributed by atoms with Gasteiger partial charge in [0.05, 0.1) is 19.8 Å². The number of nitrogens with zero attached hydrogens (tertiary/aromatic N) is 1. The monoisotopic (exact) mass is 276 g/mol. The van der Waals surface area contributed by atoms with Crippen LogP contribution < -0.4 is 5.32 Å². The number of ether oxygens (including phenoxy) is 1. The summed E-state index contributed by atoms with van der Waals surface area (Å²) in [6.45, 7) is 1.38. The number of hydrogen-bond donors (Lipinski definition) is 3. The first-order valence-electron chi connectivity index (χ1n) is 5.77. The molecule has 0 aromatic carbocycles. The van der Waals surface area contributed by atoms with Gasteiger partial charge >= 0.3 is 18.0 Å². The number of urea groups is 1. The molecule has 0 rings (SSSR count). The normalized spacial score (nSPS) is 13.3. The van der Waals surface area contributed by atoms with Crippen LogP contribution >= 0.6 is 0 Å². The molecule has 8 nitrogen and oxygen atoms in total. The van der Waals surface area contributed by atoms with Crippen LogP contribution in [0.15, 0.2) is 0 Å². The van der Waals surface area contributed by atoms with Gasteiger partial charge in [-0.3, -0.25) is 4.79 Å². The maximum absolute atomic E-state index is 11.7. The molecular weight excluding hydrogens is 256 g/mol. The number of carboxylic acid groups (broad SMARTS) is 1. The van der Waals surface area contributed by atoms with Gasteiger partial charge in [-0.25, -0.2) is 9.59 Å². The average Bonchev–Trinajstić information content (AvgIpc) is 2.40. The van der Waals surface area contributed by atoms with Crippen molar-refractivity contribution >= 4 is 18.0 Å². The first kappa shape index (κ1) is 17.2. The van der Waals surface area contributed by atoms with Crippen molar-refractivity contribution in [3.8, 4) is 0 Å². The zero-order chi connectivity index (χ0) is 15.0. The molecule has 19 heavy (non-hydrogen) atoms. The molecule has 0 radical (unpaired) electrons. The summed E-state index contributed by atoms with van der Waals surface area (Å²) in [7, 11) is 2.64. The van der Waals surface area contributed by atoms with E-state index in [1.165, 1.54) is 19.1 Å². The number of likely N-dealkylation sites (N-methyl/N-ethyl adjacent to an activating group) is 1. The lowest BCUT2D eigenvalue weighted by molar-refractivity contribution is -0.142. The van der Waals surface area contributed by atoms with Gasteiger partial charge in [-0.05, 0) is 13.3 Å². The lowest BCUT2D eigenvalue weighted by atomic mass is 10.1. The molecule has 0 saturated heterocycles. The highest BCUT2D eigenvalue weighted by Crippen LogP contribution is 2.02. The van der Waals surface area contributed by atoms with E-state index in [2.05, 4.69) is 10.1 Å². The molecule has 0 fully saturated rings. The third-order valence-corrected chi connectivity index (χ3v) is 2.71. The van der Waals surface area contributed by atoms with Crippen LogP contribution in [0.1, 0.15) is 19.8 Å². The summed E-state index contributed by atoms with van der Waals surface area (Å²) in [6.07, 6.45) is -0.165. The Hall–Kier alpha value is -1.83. The molecule has 0 aliphatic heterocycles. The molecule has 0 saturated carbocycles. The number of carbonyl (C=O) groups is 3. The molecule has 0 aliphatic rings. The van der Waals surface area contributed by atoms with E-state index < -0.39 is 30.1 Å². The Morgan fingerprint density at radius 3 is 2.37 bits per heavy atom. The van der Waals surface area contributed by atoms with E-state index in [0.29, 0.717) is 0 Å². The van der Waals surface area contributed by atoms with Gasteiger partial charge in [-0.1, -0.05) is 0 Å². The maximum atomic E-state index is 11.7.